The van der Waals surface area contributed by atoms with Crippen molar-refractivity contribution < 1.29 is 22.6 Å². The number of ether oxygens (including phenoxy) is 2. The lowest BCUT2D eigenvalue weighted by Crippen LogP contribution is -2.44. The summed E-state index contributed by atoms with van der Waals surface area (Å²) in [4.78, 5) is 13.8. The summed E-state index contributed by atoms with van der Waals surface area (Å²) >= 11 is 7.96. The van der Waals surface area contributed by atoms with Crippen molar-refractivity contribution in [1.82, 2.24) is 20.2 Å². The first-order chi connectivity index (χ1) is 22.3. The molecule has 3 atom stereocenters. The van der Waals surface area contributed by atoms with Gasteiger partial charge in [-0.25, -0.2) is 13.2 Å². The summed E-state index contributed by atoms with van der Waals surface area (Å²) in [6.45, 7) is 3.82. The zero-order valence-electron chi connectivity index (χ0n) is 24.8. The predicted octanol–water partition coefficient (Wildman–Crippen LogP) is 5.80. The molecule has 0 bridgehead atoms. The Labute approximate surface area is 272 Å². The SMILES string of the molecule is N#Cc1c(N)sc2c(F)ccc(-c3c(Cl)c4c5c(nc(OC[C@@]67CCCN6C[C@H](F)C7)nc5c3F)N3CCCNCC3CCO4)c12. The molecule has 0 aliphatic carbocycles. The zero-order chi connectivity index (χ0) is 31.7. The number of hydrogen-bond acceptors (Lipinski definition) is 10. The number of thiophene rings is 1. The summed E-state index contributed by atoms with van der Waals surface area (Å²) < 4.78 is 59.3. The van der Waals surface area contributed by atoms with Gasteiger partial charge in [-0.3, -0.25) is 4.90 Å². The van der Waals surface area contributed by atoms with Gasteiger partial charge in [-0.15, -0.1) is 11.3 Å². The van der Waals surface area contributed by atoms with Crippen LogP contribution in [0.5, 0.6) is 11.8 Å². The van der Waals surface area contributed by atoms with Crippen LogP contribution >= 0.6 is 22.9 Å². The molecular weight excluding hydrogens is 639 g/mol. The first-order valence-electron chi connectivity index (χ1n) is 15.6. The average Bonchev–Trinajstić information content (AvgIpc) is 3.61. The Morgan fingerprint density at radius 3 is 2.96 bits per heavy atom. The van der Waals surface area contributed by atoms with E-state index in [1.54, 1.807) is 0 Å². The summed E-state index contributed by atoms with van der Waals surface area (Å²) in [6, 6.07) is 4.63. The Bertz CT molecular complexity index is 1940. The van der Waals surface area contributed by atoms with Gasteiger partial charge in [0.25, 0.3) is 0 Å². The monoisotopic (exact) mass is 669 g/mol. The van der Waals surface area contributed by atoms with Crippen molar-refractivity contribution in [2.75, 3.05) is 56.6 Å². The molecule has 14 heteroatoms. The highest BCUT2D eigenvalue weighted by Crippen LogP contribution is 2.51. The standard InChI is InChI=1S/C32H31ClF3N7O2S/c33-24-22(18-3-4-20(35)28-21(18)19(12-37)29(38)46-28)25(36)26-23-27(24)44-10-5-17-13-39-7-2-9-43(17)30(23)41-31(40-26)45-15-32-6-1-8-42(32)14-16(34)11-32/h3-4,16-17,39H,1-2,5-11,13-15,38H2/t16-,17?,32+/m1/s1. The Hall–Kier alpha value is -3.57. The number of rotatable bonds is 4. The molecule has 0 amide bonds. The van der Waals surface area contributed by atoms with E-state index in [-0.39, 0.29) is 66.7 Å². The van der Waals surface area contributed by atoms with Gasteiger partial charge in [0.15, 0.2) is 11.6 Å². The Kier molecular flexibility index (Phi) is 7.32. The summed E-state index contributed by atoms with van der Waals surface area (Å²) in [7, 11) is 0. The summed E-state index contributed by atoms with van der Waals surface area (Å²) in [5.74, 6) is -0.698. The van der Waals surface area contributed by atoms with E-state index < -0.39 is 23.3 Å². The fraction of sp³-hybridized carbons (Fsp3) is 0.469. The number of aromatic nitrogens is 2. The van der Waals surface area contributed by atoms with Crippen molar-refractivity contribution >= 4 is 54.7 Å². The third-order valence-corrected chi connectivity index (χ3v) is 11.3. The molecule has 1 unspecified atom stereocenters. The number of halogens is 4. The Morgan fingerprint density at radius 2 is 2.11 bits per heavy atom. The molecule has 2 aromatic carbocycles. The van der Waals surface area contributed by atoms with Crippen molar-refractivity contribution in [1.29, 1.82) is 5.26 Å². The molecule has 3 saturated heterocycles. The minimum absolute atomic E-state index is 0.0119. The maximum absolute atomic E-state index is 17.2. The minimum Gasteiger partial charge on any atom is -0.491 e. The number of nitrogens with two attached hydrogens (primary N) is 1. The third kappa shape index (κ3) is 4.56. The number of nitrogens with zero attached hydrogens (tertiary/aromatic N) is 5. The number of nitriles is 1. The van der Waals surface area contributed by atoms with Crippen LogP contribution in [0.3, 0.4) is 0 Å². The van der Waals surface area contributed by atoms with Crippen LogP contribution in [0.2, 0.25) is 5.02 Å². The van der Waals surface area contributed by atoms with Crippen LogP contribution in [-0.2, 0) is 0 Å². The number of alkyl halides is 1. The summed E-state index contributed by atoms with van der Waals surface area (Å²) in [5.41, 5.74) is 5.74. The molecule has 8 rings (SSSR count). The largest absolute Gasteiger partial charge is 0.491 e. The highest BCUT2D eigenvalue weighted by atomic mass is 35.5. The fourth-order valence-corrected chi connectivity index (χ4v) is 9.09. The van der Waals surface area contributed by atoms with E-state index in [0.29, 0.717) is 50.3 Å². The second-order valence-electron chi connectivity index (χ2n) is 12.5. The number of fused-ring (bicyclic) bond motifs is 4. The van der Waals surface area contributed by atoms with E-state index in [0.717, 1.165) is 43.7 Å². The van der Waals surface area contributed by atoms with Gasteiger partial charge in [-0.05, 0) is 44.0 Å². The molecule has 0 radical (unpaired) electrons. The molecule has 3 N–H and O–H groups in total. The number of nitrogen functional groups attached to an aromatic ring is 1. The molecular formula is C32H31ClF3N7O2S. The minimum atomic E-state index is -0.931. The van der Waals surface area contributed by atoms with Crippen LogP contribution in [-0.4, -0.2) is 78.6 Å². The first kappa shape index (κ1) is 29.8. The van der Waals surface area contributed by atoms with E-state index in [9.17, 15) is 14.0 Å². The van der Waals surface area contributed by atoms with Crippen molar-refractivity contribution in [3.05, 3.63) is 34.4 Å². The predicted molar refractivity (Wildman–Crippen MR) is 172 cm³/mol. The van der Waals surface area contributed by atoms with Gasteiger partial charge in [0.05, 0.1) is 32.8 Å². The average molecular weight is 670 g/mol. The van der Waals surface area contributed by atoms with Gasteiger partial charge in [0.1, 0.15) is 41.0 Å². The lowest BCUT2D eigenvalue weighted by molar-refractivity contribution is 0.107. The molecule has 4 aliphatic heterocycles. The van der Waals surface area contributed by atoms with Gasteiger partial charge < -0.3 is 25.4 Å². The molecule has 46 heavy (non-hydrogen) atoms. The molecule has 6 heterocycles. The van der Waals surface area contributed by atoms with Crippen molar-refractivity contribution in [2.24, 2.45) is 0 Å². The normalized spacial score (nSPS) is 24.6. The van der Waals surface area contributed by atoms with E-state index in [4.69, 9.17) is 31.8 Å². The van der Waals surface area contributed by atoms with Crippen LogP contribution in [0.15, 0.2) is 12.1 Å². The van der Waals surface area contributed by atoms with Crippen LogP contribution in [0, 0.1) is 23.0 Å². The van der Waals surface area contributed by atoms with Crippen LogP contribution < -0.4 is 25.4 Å². The number of anilines is 2. The molecule has 9 nitrogen and oxygen atoms in total. The summed E-state index contributed by atoms with van der Waals surface area (Å²) in [6.07, 6.45) is 2.66. The lowest BCUT2D eigenvalue weighted by Gasteiger charge is -2.35. The van der Waals surface area contributed by atoms with Gasteiger partial charge in [-0.1, -0.05) is 17.7 Å². The lowest BCUT2D eigenvalue weighted by atomic mass is 9.95. The summed E-state index contributed by atoms with van der Waals surface area (Å²) in [5, 5.41) is 14.0. The topological polar surface area (TPSA) is 113 Å². The van der Waals surface area contributed by atoms with Gasteiger partial charge >= 0.3 is 6.01 Å². The molecule has 4 aromatic rings. The highest BCUT2D eigenvalue weighted by Gasteiger charge is 2.49. The Morgan fingerprint density at radius 1 is 1.24 bits per heavy atom. The van der Waals surface area contributed by atoms with Crippen LogP contribution in [0.25, 0.3) is 32.1 Å². The maximum atomic E-state index is 17.2. The van der Waals surface area contributed by atoms with Crippen molar-refractivity contribution in [2.45, 2.75) is 49.9 Å². The molecule has 0 saturated carbocycles. The molecule has 2 aromatic heterocycles. The smallest absolute Gasteiger partial charge is 0.319 e. The van der Waals surface area contributed by atoms with Gasteiger partial charge in [0.2, 0.25) is 0 Å². The van der Waals surface area contributed by atoms with Crippen LogP contribution in [0.4, 0.5) is 24.0 Å². The number of benzene rings is 2. The molecule has 0 spiro atoms. The number of hydrogen-bond donors (Lipinski definition) is 2. The van der Waals surface area contributed by atoms with Crippen molar-refractivity contribution in [3.8, 4) is 29.0 Å². The number of nitrogens with one attached hydrogen (secondary N) is 1. The molecule has 240 valence electrons. The molecule has 4 aliphatic rings. The Balaban J connectivity index is 1.36. The van der Waals surface area contributed by atoms with E-state index in [1.165, 1.54) is 12.1 Å². The highest BCUT2D eigenvalue weighted by molar-refractivity contribution is 7.23. The molecule has 3 fully saturated rings. The van der Waals surface area contributed by atoms with E-state index >= 15 is 4.39 Å². The second kappa shape index (κ2) is 11.3. The van der Waals surface area contributed by atoms with Crippen LogP contribution in [0.1, 0.15) is 37.7 Å². The second-order valence-corrected chi connectivity index (χ2v) is 14.0. The third-order valence-electron chi connectivity index (χ3n) is 9.92. The zero-order valence-corrected chi connectivity index (χ0v) is 26.4. The maximum Gasteiger partial charge on any atom is 0.319 e. The first-order valence-corrected chi connectivity index (χ1v) is 16.7. The van der Waals surface area contributed by atoms with E-state index in [1.807, 2.05) is 6.07 Å². The van der Waals surface area contributed by atoms with Gasteiger partial charge in [0, 0.05) is 49.5 Å². The van der Waals surface area contributed by atoms with Crippen molar-refractivity contribution in [3.63, 3.8) is 0 Å². The van der Waals surface area contributed by atoms with Gasteiger partial charge in [-0.2, -0.15) is 15.2 Å². The quantitative estimate of drug-likeness (QED) is 0.278. The van der Waals surface area contributed by atoms with E-state index in [2.05, 4.69) is 20.1 Å². The fourth-order valence-electron chi connectivity index (χ4n) is 7.81.